The first-order valence-corrected chi connectivity index (χ1v) is 8.30. The summed E-state index contributed by atoms with van der Waals surface area (Å²) in [4.78, 5) is 0. The molecule has 0 heterocycles. The van der Waals surface area contributed by atoms with Crippen LogP contribution in [0, 0.1) is 0 Å². The van der Waals surface area contributed by atoms with Crippen LogP contribution in [0.5, 0.6) is 0 Å². The second-order valence-corrected chi connectivity index (χ2v) is 4.87. The predicted octanol–water partition coefficient (Wildman–Crippen LogP) is 7.71. The van der Waals surface area contributed by atoms with Gasteiger partial charge in [0.1, 0.15) is 0 Å². The second kappa shape index (κ2) is 15.4. The Hall–Kier alpha value is -1.96. The largest absolute Gasteiger partial charge is 0.151 e. The van der Waals surface area contributed by atoms with Crippen molar-refractivity contribution in [3.8, 4) is 0 Å². The molecule has 0 bridgehead atoms. The molecule has 0 unspecified atom stereocenters. The fraction of sp³-hybridized carbons (Fsp3) is 0.400. The van der Waals surface area contributed by atoms with Gasteiger partial charge in [-0.25, -0.2) is 0 Å². The molecule has 0 aliphatic rings. The van der Waals surface area contributed by atoms with Crippen molar-refractivity contribution >= 4 is 11.4 Å². The van der Waals surface area contributed by atoms with E-state index in [-0.39, 0.29) is 0 Å². The fourth-order valence-electron chi connectivity index (χ4n) is 1.10. The average Bonchev–Trinajstić information content (AvgIpc) is 2.62. The standard InChI is InChI=1S/C12H10N2.2C4H10/c1-3-7-11(8-4-1)13-14-12-9-5-2-6-10-12;2*1-3-4-2/h1-10H;2*3-4H2,1-2H3. The van der Waals surface area contributed by atoms with Gasteiger partial charge in [-0.2, -0.15) is 10.2 Å². The van der Waals surface area contributed by atoms with Gasteiger partial charge in [-0.15, -0.1) is 0 Å². The topological polar surface area (TPSA) is 24.7 Å². The van der Waals surface area contributed by atoms with Gasteiger partial charge in [0, 0.05) is 0 Å². The van der Waals surface area contributed by atoms with Gasteiger partial charge in [0.05, 0.1) is 11.4 Å². The van der Waals surface area contributed by atoms with Crippen molar-refractivity contribution in [2.75, 3.05) is 0 Å². The highest BCUT2D eigenvalue weighted by Gasteiger charge is 1.86. The molecule has 0 atom stereocenters. The highest BCUT2D eigenvalue weighted by atomic mass is 15.1. The lowest BCUT2D eigenvalue weighted by Crippen LogP contribution is -1.62. The maximum absolute atomic E-state index is 4.10. The zero-order chi connectivity index (χ0) is 16.5. The van der Waals surface area contributed by atoms with Gasteiger partial charge in [-0.1, -0.05) is 89.8 Å². The fourth-order valence-corrected chi connectivity index (χ4v) is 1.10. The van der Waals surface area contributed by atoms with Crippen LogP contribution in [0.3, 0.4) is 0 Å². The molecule has 0 N–H and O–H groups in total. The molecule has 2 aromatic carbocycles. The van der Waals surface area contributed by atoms with Crippen LogP contribution >= 0.6 is 0 Å². The van der Waals surface area contributed by atoms with Gasteiger partial charge in [-0.05, 0) is 24.3 Å². The second-order valence-electron chi connectivity index (χ2n) is 4.87. The molecular weight excluding hydrogens is 268 g/mol. The Bertz CT molecular complexity index is 414. The third-order valence-corrected chi connectivity index (χ3v) is 2.79. The van der Waals surface area contributed by atoms with Crippen LogP contribution in [0.15, 0.2) is 70.9 Å². The SMILES string of the molecule is CCCC.CCCC.c1ccc(N=Nc2ccccc2)cc1. The van der Waals surface area contributed by atoms with Gasteiger partial charge in [0.15, 0.2) is 0 Å². The van der Waals surface area contributed by atoms with E-state index in [4.69, 9.17) is 0 Å². The third-order valence-electron chi connectivity index (χ3n) is 2.79. The Balaban J connectivity index is 0.000000464. The summed E-state index contributed by atoms with van der Waals surface area (Å²) in [7, 11) is 0. The normalized spacial score (nSPS) is 9.45. The monoisotopic (exact) mass is 298 g/mol. The molecule has 120 valence electrons. The lowest BCUT2D eigenvalue weighted by atomic mass is 10.3. The van der Waals surface area contributed by atoms with Gasteiger partial charge >= 0.3 is 0 Å². The van der Waals surface area contributed by atoms with Crippen molar-refractivity contribution in [2.24, 2.45) is 10.2 Å². The molecule has 0 amide bonds. The van der Waals surface area contributed by atoms with Crippen LogP contribution in [0.1, 0.15) is 53.4 Å². The number of nitrogens with zero attached hydrogens (tertiary/aromatic N) is 2. The first kappa shape index (κ1) is 20.0. The van der Waals surface area contributed by atoms with E-state index in [1.165, 1.54) is 25.7 Å². The summed E-state index contributed by atoms with van der Waals surface area (Å²) in [6.45, 7) is 8.72. The molecule has 2 aromatic rings. The molecule has 2 heteroatoms. The molecule has 0 spiro atoms. The first-order valence-electron chi connectivity index (χ1n) is 8.30. The highest BCUT2D eigenvalue weighted by Crippen LogP contribution is 2.16. The highest BCUT2D eigenvalue weighted by molar-refractivity contribution is 5.39. The zero-order valence-corrected chi connectivity index (χ0v) is 14.5. The van der Waals surface area contributed by atoms with E-state index in [0.29, 0.717) is 0 Å². The number of azo groups is 1. The Morgan fingerprint density at radius 1 is 0.500 bits per heavy atom. The molecule has 0 aliphatic carbocycles. The summed E-state index contributed by atoms with van der Waals surface area (Å²) in [6, 6.07) is 19.4. The maximum atomic E-state index is 4.10. The predicted molar refractivity (Wildman–Crippen MR) is 98.2 cm³/mol. The summed E-state index contributed by atoms with van der Waals surface area (Å²) >= 11 is 0. The van der Waals surface area contributed by atoms with E-state index < -0.39 is 0 Å². The van der Waals surface area contributed by atoms with Crippen molar-refractivity contribution in [3.63, 3.8) is 0 Å². The molecule has 0 fully saturated rings. The third kappa shape index (κ3) is 11.8. The molecule has 0 aromatic heterocycles. The first-order chi connectivity index (χ1) is 10.8. The van der Waals surface area contributed by atoms with Crippen molar-refractivity contribution in [3.05, 3.63) is 60.7 Å². The summed E-state index contributed by atoms with van der Waals surface area (Å²) in [6.07, 6.45) is 5.28. The van der Waals surface area contributed by atoms with E-state index in [1.807, 2.05) is 60.7 Å². The van der Waals surface area contributed by atoms with E-state index in [2.05, 4.69) is 37.9 Å². The number of hydrogen-bond acceptors (Lipinski definition) is 2. The molecule has 0 saturated heterocycles. The quantitative estimate of drug-likeness (QED) is 0.516. The summed E-state index contributed by atoms with van der Waals surface area (Å²) in [5.41, 5.74) is 1.74. The lowest BCUT2D eigenvalue weighted by molar-refractivity contribution is 0.886. The van der Waals surface area contributed by atoms with E-state index in [1.54, 1.807) is 0 Å². The number of unbranched alkanes of at least 4 members (excludes halogenated alkanes) is 2. The van der Waals surface area contributed by atoms with Crippen molar-refractivity contribution in [1.29, 1.82) is 0 Å². The van der Waals surface area contributed by atoms with Crippen LogP contribution in [-0.4, -0.2) is 0 Å². The van der Waals surface area contributed by atoms with Gasteiger partial charge in [0.25, 0.3) is 0 Å². The van der Waals surface area contributed by atoms with Crippen molar-refractivity contribution in [1.82, 2.24) is 0 Å². The maximum Gasteiger partial charge on any atom is 0.0857 e. The molecule has 0 saturated carbocycles. The summed E-state index contributed by atoms with van der Waals surface area (Å²) in [5, 5.41) is 8.20. The van der Waals surface area contributed by atoms with Crippen molar-refractivity contribution < 1.29 is 0 Å². The minimum atomic E-state index is 0.872. The number of hydrogen-bond donors (Lipinski definition) is 0. The molecule has 0 radical (unpaired) electrons. The molecule has 0 aliphatic heterocycles. The Labute approximate surface area is 136 Å². The smallest absolute Gasteiger partial charge is 0.0857 e. The van der Waals surface area contributed by atoms with Gasteiger partial charge < -0.3 is 0 Å². The molecule has 2 rings (SSSR count). The lowest BCUT2D eigenvalue weighted by Gasteiger charge is -1.91. The molecular formula is C20H30N2. The van der Waals surface area contributed by atoms with Crippen LogP contribution in [-0.2, 0) is 0 Å². The van der Waals surface area contributed by atoms with E-state index in [0.717, 1.165) is 11.4 Å². The van der Waals surface area contributed by atoms with Crippen LogP contribution in [0.4, 0.5) is 11.4 Å². The van der Waals surface area contributed by atoms with Gasteiger partial charge in [0.2, 0.25) is 0 Å². The summed E-state index contributed by atoms with van der Waals surface area (Å²) in [5.74, 6) is 0. The molecule has 22 heavy (non-hydrogen) atoms. The van der Waals surface area contributed by atoms with Crippen LogP contribution in [0.2, 0.25) is 0 Å². The minimum Gasteiger partial charge on any atom is -0.151 e. The van der Waals surface area contributed by atoms with Gasteiger partial charge in [-0.3, -0.25) is 0 Å². The van der Waals surface area contributed by atoms with Crippen LogP contribution < -0.4 is 0 Å². The van der Waals surface area contributed by atoms with Crippen LogP contribution in [0.25, 0.3) is 0 Å². The zero-order valence-electron chi connectivity index (χ0n) is 14.5. The number of benzene rings is 2. The van der Waals surface area contributed by atoms with E-state index >= 15 is 0 Å². The average molecular weight is 298 g/mol. The Morgan fingerprint density at radius 2 is 0.773 bits per heavy atom. The van der Waals surface area contributed by atoms with E-state index in [9.17, 15) is 0 Å². The number of rotatable bonds is 4. The Morgan fingerprint density at radius 3 is 1.00 bits per heavy atom. The molecule has 2 nitrogen and oxygen atoms in total. The Kier molecular flexibility index (Phi) is 14.1. The minimum absolute atomic E-state index is 0.872. The van der Waals surface area contributed by atoms with Crippen molar-refractivity contribution in [2.45, 2.75) is 53.4 Å². The summed E-state index contributed by atoms with van der Waals surface area (Å²) < 4.78 is 0.